The van der Waals surface area contributed by atoms with Gasteiger partial charge in [0, 0.05) is 12.8 Å². The number of carbonyl (C=O) groups is 2. The molecule has 0 heterocycles. The van der Waals surface area contributed by atoms with Crippen LogP contribution in [-0.4, -0.2) is 31.3 Å². The van der Waals surface area contributed by atoms with Gasteiger partial charge in [-0.15, -0.1) is 0 Å². The van der Waals surface area contributed by atoms with Gasteiger partial charge < -0.3 is 28.3 Å². The van der Waals surface area contributed by atoms with Crippen molar-refractivity contribution in [1.82, 2.24) is 0 Å². The van der Waals surface area contributed by atoms with E-state index in [0.717, 1.165) is 64.2 Å². The van der Waals surface area contributed by atoms with Crippen molar-refractivity contribution in [1.29, 1.82) is 0 Å². The maximum atomic E-state index is 12.3. The molecule has 0 aromatic heterocycles. The van der Waals surface area contributed by atoms with Crippen molar-refractivity contribution in [3.8, 4) is 0 Å². The Hall–Kier alpha value is 0.530. The van der Waals surface area contributed by atoms with Gasteiger partial charge in [0.15, 0.2) is 6.10 Å². The van der Waals surface area contributed by atoms with Crippen LogP contribution in [-0.2, 0) is 28.2 Å². The Morgan fingerprint density at radius 2 is 0.860 bits per heavy atom. The van der Waals surface area contributed by atoms with E-state index in [-0.39, 0.29) is 78.6 Å². The molecule has 1 atom stereocenters. The Labute approximate surface area is 351 Å². The molecule has 0 aromatic carbocycles. The number of phosphoric ester groups is 1. The number of hydrogen-bond donors (Lipinski definition) is 0. The van der Waals surface area contributed by atoms with Crippen LogP contribution in [0.2, 0.25) is 0 Å². The maximum absolute atomic E-state index is 12.3. The third-order valence-electron chi connectivity index (χ3n) is 8.43. The fraction of sp³-hybridized carbons (Fsp3) is 0.846. The minimum atomic E-state index is -5.25. The number of unbranched alkanes of at least 4 members (excludes halogenated alkanes) is 22. The van der Waals surface area contributed by atoms with Crippen molar-refractivity contribution in [2.45, 2.75) is 200 Å². The summed E-state index contributed by atoms with van der Waals surface area (Å²) in [5.41, 5.74) is 0. The molecule has 0 aliphatic heterocycles. The summed E-state index contributed by atoms with van der Waals surface area (Å²) in [7, 11) is -5.25. The largest absolute Gasteiger partial charge is 1.00 e. The molecule has 282 valence electrons. The number of hydrogen-bond acceptors (Lipinski definition) is 8. The summed E-state index contributed by atoms with van der Waals surface area (Å²) in [6.07, 6.45) is 38.5. The summed E-state index contributed by atoms with van der Waals surface area (Å²) < 4.78 is 25.8. The molecule has 0 saturated carbocycles. The van der Waals surface area contributed by atoms with Crippen molar-refractivity contribution in [3.63, 3.8) is 0 Å². The van der Waals surface area contributed by atoms with Gasteiger partial charge in [0.05, 0.1) is 14.4 Å². The molecule has 0 aromatic rings. The Morgan fingerprint density at radius 1 is 0.520 bits per heavy atom. The molecule has 8 nitrogen and oxygen atoms in total. The van der Waals surface area contributed by atoms with E-state index in [1.165, 1.54) is 89.9 Å². The van der Waals surface area contributed by atoms with E-state index in [1.807, 2.05) is 0 Å². The monoisotopic (exact) mass is 744 g/mol. The van der Waals surface area contributed by atoms with Crippen molar-refractivity contribution in [2.24, 2.45) is 0 Å². The first-order valence-corrected chi connectivity index (χ1v) is 21.1. The number of allylic oxidation sites excluding steroid dienone is 4. The first-order chi connectivity index (χ1) is 23.3. The van der Waals surface area contributed by atoms with Gasteiger partial charge in [-0.3, -0.25) is 9.59 Å². The van der Waals surface area contributed by atoms with Gasteiger partial charge >= 0.3 is 71.1 Å². The van der Waals surface area contributed by atoms with Gasteiger partial charge in [-0.05, 0) is 64.2 Å². The molecule has 0 aliphatic rings. The number of carbonyl (C=O) groups excluding carboxylic acids is 2. The summed E-state index contributed by atoms with van der Waals surface area (Å²) >= 11 is 0. The van der Waals surface area contributed by atoms with Gasteiger partial charge in [-0.1, -0.05) is 141 Å². The van der Waals surface area contributed by atoms with Crippen LogP contribution < -0.4 is 68.9 Å². The van der Waals surface area contributed by atoms with E-state index in [4.69, 9.17) is 9.47 Å². The van der Waals surface area contributed by atoms with Crippen LogP contribution in [0.15, 0.2) is 24.3 Å². The summed E-state index contributed by atoms with van der Waals surface area (Å²) in [5, 5.41) is 0. The predicted molar refractivity (Wildman–Crippen MR) is 193 cm³/mol. The standard InChI is InChI=1S/C39H73O8P.2Na/c1-3-5-7-9-11-13-15-17-19-21-23-25-27-29-31-33-38(40)45-35-37(36-46-48(42,43)44)47-39(41)34-32-30-28-26-24-22-20-18-16-14-12-10-8-6-4-2;;/h17-20,37H,3-16,21-36H2,1-2H3,(H2,42,43,44);;/q;2*+1/p-2/b19-17-,20-18-;;. The topological polar surface area (TPSA) is 125 Å². The van der Waals surface area contributed by atoms with E-state index in [1.54, 1.807) is 0 Å². The van der Waals surface area contributed by atoms with Crippen LogP contribution >= 0.6 is 7.82 Å². The normalized spacial score (nSPS) is 12.2. The summed E-state index contributed by atoms with van der Waals surface area (Å²) in [6.45, 7) is 3.47. The maximum Gasteiger partial charge on any atom is 1.00 e. The second-order valence-electron chi connectivity index (χ2n) is 13.2. The molecule has 50 heavy (non-hydrogen) atoms. The fourth-order valence-corrected chi connectivity index (χ4v) is 5.82. The van der Waals surface area contributed by atoms with Crippen LogP contribution in [0.5, 0.6) is 0 Å². The average molecular weight is 745 g/mol. The molecule has 0 amide bonds. The van der Waals surface area contributed by atoms with Crippen LogP contribution in [0.25, 0.3) is 0 Å². The number of phosphoric acid groups is 1. The smallest absolute Gasteiger partial charge is 0.790 e. The third-order valence-corrected chi connectivity index (χ3v) is 8.90. The van der Waals surface area contributed by atoms with Crippen LogP contribution in [0.1, 0.15) is 194 Å². The quantitative estimate of drug-likeness (QED) is 0.0305. The minimum absolute atomic E-state index is 0. The van der Waals surface area contributed by atoms with Gasteiger partial charge in [0.2, 0.25) is 0 Å². The van der Waals surface area contributed by atoms with E-state index in [2.05, 4.69) is 42.7 Å². The van der Waals surface area contributed by atoms with Crippen molar-refractivity contribution < 1.29 is 97.1 Å². The molecular formula is C39H71Na2O8P. The van der Waals surface area contributed by atoms with Gasteiger partial charge in [0.1, 0.15) is 6.61 Å². The van der Waals surface area contributed by atoms with Crippen LogP contribution in [0, 0.1) is 0 Å². The Balaban J connectivity index is -0.0000110. The molecule has 0 fully saturated rings. The Morgan fingerprint density at radius 3 is 1.24 bits per heavy atom. The molecule has 0 N–H and O–H groups in total. The summed E-state index contributed by atoms with van der Waals surface area (Å²) in [6, 6.07) is 0. The van der Waals surface area contributed by atoms with Crippen LogP contribution in [0.3, 0.4) is 0 Å². The first kappa shape index (κ1) is 54.9. The molecule has 11 heteroatoms. The second-order valence-corrected chi connectivity index (χ2v) is 14.4. The molecule has 0 radical (unpaired) electrons. The fourth-order valence-electron chi connectivity index (χ4n) is 5.47. The first-order valence-electron chi connectivity index (χ1n) is 19.6. The Bertz CT molecular complexity index is 850. The third kappa shape index (κ3) is 44.7. The molecule has 0 aliphatic carbocycles. The minimum Gasteiger partial charge on any atom is -0.790 e. The van der Waals surface area contributed by atoms with E-state index in [9.17, 15) is 23.9 Å². The molecule has 0 rings (SSSR count). The van der Waals surface area contributed by atoms with Crippen molar-refractivity contribution in [3.05, 3.63) is 24.3 Å². The predicted octanol–water partition coefficient (Wildman–Crippen LogP) is 4.37. The number of ether oxygens (including phenoxy) is 2. The second kappa shape index (κ2) is 42.3. The van der Waals surface area contributed by atoms with Crippen molar-refractivity contribution >= 4 is 19.8 Å². The van der Waals surface area contributed by atoms with Gasteiger partial charge in [-0.25, -0.2) is 0 Å². The zero-order chi connectivity index (χ0) is 35.4. The summed E-state index contributed by atoms with van der Waals surface area (Å²) in [4.78, 5) is 46.4. The molecule has 1 unspecified atom stereocenters. The van der Waals surface area contributed by atoms with Crippen LogP contribution in [0.4, 0.5) is 0 Å². The number of esters is 2. The molecular weight excluding hydrogens is 673 g/mol. The molecule has 0 spiro atoms. The average Bonchev–Trinajstić information content (AvgIpc) is 3.05. The summed E-state index contributed by atoms with van der Waals surface area (Å²) in [5.74, 6) is -0.973. The van der Waals surface area contributed by atoms with E-state index >= 15 is 0 Å². The zero-order valence-electron chi connectivity index (χ0n) is 32.8. The van der Waals surface area contributed by atoms with Gasteiger partial charge in [-0.2, -0.15) is 0 Å². The van der Waals surface area contributed by atoms with E-state index in [0.29, 0.717) is 12.8 Å². The van der Waals surface area contributed by atoms with Crippen molar-refractivity contribution in [2.75, 3.05) is 13.2 Å². The SMILES string of the molecule is CCCCCCCC/C=C\CCCCCCCC(=O)OCC(COP(=O)([O-])[O-])OC(=O)CCCCCCC/C=C\CCCCCCCC.[Na+].[Na+]. The molecule has 0 saturated heterocycles. The van der Waals surface area contributed by atoms with E-state index < -0.39 is 32.5 Å². The zero-order valence-corrected chi connectivity index (χ0v) is 37.7. The van der Waals surface area contributed by atoms with Gasteiger partial charge in [0.25, 0.3) is 0 Å². The Kier molecular flexibility index (Phi) is 46.4. The molecule has 0 bridgehead atoms. The number of rotatable bonds is 36.